The smallest absolute Gasteiger partial charge is 0.387 e. The summed E-state index contributed by atoms with van der Waals surface area (Å²) in [4.78, 5) is 2.29. The van der Waals surface area contributed by atoms with Crippen molar-refractivity contribution >= 4 is 5.69 Å². The first-order valence-corrected chi connectivity index (χ1v) is 7.22. The van der Waals surface area contributed by atoms with Gasteiger partial charge in [0.2, 0.25) is 0 Å². The summed E-state index contributed by atoms with van der Waals surface area (Å²) >= 11 is 0. The van der Waals surface area contributed by atoms with Crippen LogP contribution in [0.3, 0.4) is 0 Å². The molecule has 112 valence electrons. The Balaban J connectivity index is 1.84. The van der Waals surface area contributed by atoms with Gasteiger partial charge in [-0.1, -0.05) is 6.92 Å². The van der Waals surface area contributed by atoms with E-state index in [-0.39, 0.29) is 5.75 Å². The molecule has 3 nitrogen and oxygen atoms in total. The van der Waals surface area contributed by atoms with Crippen LogP contribution in [0.2, 0.25) is 0 Å². The molecule has 0 saturated carbocycles. The molecule has 1 aliphatic rings. The predicted molar refractivity (Wildman–Crippen MR) is 76.6 cm³/mol. The normalized spacial score (nSPS) is 16.7. The zero-order valence-electron chi connectivity index (χ0n) is 11.8. The van der Waals surface area contributed by atoms with E-state index in [2.05, 4.69) is 21.9 Å². The molecule has 0 bridgehead atoms. The molecule has 0 atom stereocenters. The van der Waals surface area contributed by atoms with Crippen molar-refractivity contribution in [3.63, 3.8) is 0 Å². The molecular weight excluding hydrogens is 262 g/mol. The highest BCUT2D eigenvalue weighted by molar-refractivity contribution is 5.49. The summed E-state index contributed by atoms with van der Waals surface area (Å²) < 4.78 is 28.5. The van der Waals surface area contributed by atoms with Gasteiger partial charge >= 0.3 is 6.61 Å². The Bertz CT molecular complexity index is 389. The van der Waals surface area contributed by atoms with E-state index in [9.17, 15) is 8.78 Å². The highest BCUT2D eigenvalue weighted by Gasteiger charge is 2.18. The molecule has 0 aromatic heterocycles. The molecule has 20 heavy (non-hydrogen) atoms. The van der Waals surface area contributed by atoms with Crippen LogP contribution >= 0.6 is 0 Å². The van der Waals surface area contributed by atoms with Crippen molar-refractivity contribution in [3.05, 3.63) is 24.3 Å². The summed E-state index contributed by atoms with van der Waals surface area (Å²) in [6.07, 6.45) is 3.40. The minimum atomic E-state index is -2.76. The molecule has 0 amide bonds. The van der Waals surface area contributed by atoms with Crippen LogP contribution in [-0.4, -0.2) is 32.3 Å². The maximum Gasteiger partial charge on any atom is 0.387 e. The number of nitrogens with one attached hydrogen (secondary N) is 1. The van der Waals surface area contributed by atoms with Gasteiger partial charge in [0.25, 0.3) is 0 Å². The lowest BCUT2D eigenvalue weighted by molar-refractivity contribution is -0.0498. The topological polar surface area (TPSA) is 24.5 Å². The van der Waals surface area contributed by atoms with E-state index in [4.69, 9.17) is 0 Å². The number of nitrogens with zero attached hydrogens (tertiary/aromatic N) is 1. The molecule has 1 heterocycles. The van der Waals surface area contributed by atoms with Crippen molar-refractivity contribution in [2.45, 2.75) is 38.8 Å². The Hall–Kier alpha value is -1.36. The van der Waals surface area contributed by atoms with Crippen molar-refractivity contribution in [2.24, 2.45) is 0 Å². The van der Waals surface area contributed by atoms with Gasteiger partial charge in [0.05, 0.1) is 0 Å². The van der Waals surface area contributed by atoms with Gasteiger partial charge in [-0.2, -0.15) is 8.78 Å². The van der Waals surface area contributed by atoms with E-state index in [0.717, 1.165) is 44.6 Å². The molecule has 2 rings (SSSR count). The van der Waals surface area contributed by atoms with Crippen LogP contribution < -0.4 is 15.0 Å². The van der Waals surface area contributed by atoms with E-state index in [0.29, 0.717) is 6.04 Å². The third kappa shape index (κ3) is 4.34. The highest BCUT2D eigenvalue weighted by atomic mass is 19.3. The lowest BCUT2D eigenvalue weighted by atomic mass is 10.0. The van der Waals surface area contributed by atoms with Crippen LogP contribution in [0.1, 0.15) is 26.2 Å². The first kappa shape index (κ1) is 15.0. The molecule has 0 unspecified atom stereocenters. The number of alkyl halides is 2. The molecule has 1 fully saturated rings. The summed E-state index contributed by atoms with van der Waals surface area (Å²) in [5.74, 6) is 0.211. The quantitative estimate of drug-likeness (QED) is 0.868. The first-order chi connectivity index (χ1) is 9.69. The Morgan fingerprint density at radius 3 is 2.45 bits per heavy atom. The number of halogens is 2. The Morgan fingerprint density at radius 2 is 1.90 bits per heavy atom. The predicted octanol–water partition coefficient (Wildman–Crippen LogP) is 3.26. The van der Waals surface area contributed by atoms with E-state index >= 15 is 0 Å². The van der Waals surface area contributed by atoms with Crippen molar-refractivity contribution in [1.82, 2.24) is 5.32 Å². The fourth-order valence-corrected chi connectivity index (χ4v) is 2.53. The molecule has 5 heteroatoms. The minimum Gasteiger partial charge on any atom is -0.435 e. The van der Waals surface area contributed by atoms with E-state index in [1.165, 1.54) is 0 Å². The standard InChI is InChI=1S/C15H22F2N2O/c1-2-9-18-12-7-10-19(11-8-12)13-3-5-14(6-4-13)20-15(16)17/h3-6,12,15,18H,2,7-11H2,1H3. The molecular formula is C15H22F2N2O. The molecule has 1 N–H and O–H groups in total. The molecule has 1 saturated heterocycles. The molecule has 0 aliphatic carbocycles. The van der Waals surface area contributed by atoms with Gasteiger partial charge in [-0.25, -0.2) is 0 Å². The van der Waals surface area contributed by atoms with Crippen molar-refractivity contribution < 1.29 is 13.5 Å². The summed E-state index contributed by atoms with van der Waals surface area (Å²) in [5, 5.41) is 3.54. The zero-order chi connectivity index (χ0) is 14.4. The Kier molecular flexibility index (Phi) is 5.59. The van der Waals surface area contributed by atoms with Crippen LogP contribution in [0, 0.1) is 0 Å². The number of anilines is 1. The number of hydrogen-bond donors (Lipinski definition) is 1. The van der Waals surface area contributed by atoms with Gasteiger partial charge in [0.1, 0.15) is 5.75 Å². The highest BCUT2D eigenvalue weighted by Crippen LogP contribution is 2.23. The SMILES string of the molecule is CCCNC1CCN(c2ccc(OC(F)F)cc2)CC1. The average Bonchev–Trinajstić information content (AvgIpc) is 2.46. The average molecular weight is 284 g/mol. The molecule has 0 radical (unpaired) electrons. The van der Waals surface area contributed by atoms with Crippen LogP contribution in [0.4, 0.5) is 14.5 Å². The first-order valence-electron chi connectivity index (χ1n) is 7.22. The molecule has 1 aliphatic heterocycles. The van der Waals surface area contributed by atoms with Crippen LogP contribution in [0.5, 0.6) is 5.75 Å². The lowest BCUT2D eigenvalue weighted by Gasteiger charge is -2.34. The third-order valence-electron chi connectivity index (χ3n) is 3.61. The fourth-order valence-electron chi connectivity index (χ4n) is 2.53. The molecule has 0 spiro atoms. The van der Waals surface area contributed by atoms with Crippen LogP contribution in [0.15, 0.2) is 24.3 Å². The summed E-state index contributed by atoms with van der Waals surface area (Å²) in [6.45, 7) is 2.48. The zero-order valence-corrected chi connectivity index (χ0v) is 11.8. The fraction of sp³-hybridized carbons (Fsp3) is 0.600. The number of benzene rings is 1. The van der Waals surface area contributed by atoms with Gasteiger partial charge in [-0.05, 0) is 50.1 Å². The second-order valence-corrected chi connectivity index (χ2v) is 5.09. The second-order valence-electron chi connectivity index (χ2n) is 5.09. The summed E-state index contributed by atoms with van der Waals surface area (Å²) in [5.41, 5.74) is 1.07. The third-order valence-corrected chi connectivity index (χ3v) is 3.61. The van der Waals surface area contributed by atoms with Crippen LogP contribution in [-0.2, 0) is 0 Å². The van der Waals surface area contributed by atoms with Gasteiger partial charge < -0.3 is 15.0 Å². The second kappa shape index (κ2) is 7.43. The Labute approximate surface area is 118 Å². The van der Waals surface area contributed by atoms with Crippen molar-refractivity contribution in [1.29, 1.82) is 0 Å². The van der Waals surface area contributed by atoms with Gasteiger partial charge in [0.15, 0.2) is 0 Å². The van der Waals surface area contributed by atoms with E-state index in [1.54, 1.807) is 12.1 Å². The van der Waals surface area contributed by atoms with Crippen molar-refractivity contribution in [3.8, 4) is 5.75 Å². The molecule has 1 aromatic carbocycles. The monoisotopic (exact) mass is 284 g/mol. The number of hydrogen-bond acceptors (Lipinski definition) is 3. The number of ether oxygens (including phenoxy) is 1. The summed E-state index contributed by atoms with van der Waals surface area (Å²) in [7, 11) is 0. The van der Waals surface area contributed by atoms with Gasteiger partial charge in [-0.3, -0.25) is 0 Å². The minimum absolute atomic E-state index is 0.211. The van der Waals surface area contributed by atoms with Crippen molar-refractivity contribution in [2.75, 3.05) is 24.5 Å². The summed E-state index contributed by atoms with van der Waals surface area (Å²) in [6, 6.07) is 7.49. The van der Waals surface area contributed by atoms with Crippen LogP contribution in [0.25, 0.3) is 0 Å². The lowest BCUT2D eigenvalue weighted by Crippen LogP contribution is -2.42. The van der Waals surface area contributed by atoms with Gasteiger partial charge in [-0.15, -0.1) is 0 Å². The molecule has 1 aromatic rings. The Morgan fingerprint density at radius 1 is 1.25 bits per heavy atom. The maximum atomic E-state index is 12.1. The maximum absolute atomic E-state index is 12.1. The van der Waals surface area contributed by atoms with E-state index in [1.807, 2.05) is 12.1 Å². The van der Waals surface area contributed by atoms with E-state index < -0.39 is 6.61 Å². The number of rotatable bonds is 6. The number of piperidine rings is 1. The largest absolute Gasteiger partial charge is 0.435 e. The van der Waals surface area contributed by atoms with Gasteiger partial charge in [0, 0.05) is 24.8 Å².